The van der Waals surface area contributed by atoms with Gasteiger partial charge in [0.05, 0.1) is 12.0 Å². The molecule has 2 heterocycles. The van der Waals surface area contributed by atoms with Crippen LogP contribution in [0.1, 0.15) is 12.7 Å². The van der Waals surface area contributed by atoms with Crippen LogP contribution in [0.25, 0.3) is 0 Å². The van der Waals surface area contributed by atoms with Crippen molar-refractivity contribution in [2.75, 3.05) is 17.6 Å². The quantitative estimate of drug-likeness (QED) is 0.537. The highest BCUT2D eigenvalue weighted by Crippen LogP contribution is 2.19. The van der Waals surface area contributed by atoms with E-state index in [1.807, 2.05) is 6.07 Å². The minimum Gasteiger partial charge on any atom is -0.468 e. The highest BCUT2D eigenvalue weighted by atomic mass is 32.2. The van der Waals surface area contributed by atoms with Crippen LogP contribution in [-0.2, 0) is 20.6 Å². The van der Waals surface area contributed by atoms with E-state index in [9.17, 15) is 13.2 Å². The summed E-state index contributed by atoms with van der Waals surface area (Å²) in [6.07, 6.45) is 1.60. The normalized spacial score (nSPS) is 11.5. The zero-order valence-corrected chi connectivity index (χ0v) is 14.1. The van der Waals surface area contributed by atoms with Gasteiger partial charge in [-0.15, -0.1) is 10.2 Å². The van der Waals surface area contributed by atoms with Gasteiger partial charge in [0.25, 0.3) is 10.0 Å². The summed E-state index contributed by atoms with van der Waals surface area (Å²) < 4.78 is 31.4. The number of aromatic nitrogens is 2. The van der Waals surface area contributed by atoms with Crippen molar-refractivity contribution in [3.05, 3.63) is 24.2 Å². The van der Waals surface area contributed by atoms with Crippen LogP contribution in [0.5, 0.6) is 0 Å². The summed E-state index contributed by atoms with van der Waals surface area (Å²) in [4.78, 5) is 10.9. The maximum atomic E-state index is 12.0. The molecule has 0 aliphatic heterocycles. The smallest absolute Gasteiger partial charge is 0.269 e. The maximum Gasteiger partial charge on any atom is 0.269 e. The van der Waals surface area contributed by atoms with E-state index in [0.717, 1.165) is 17.1 Å². The molecule has 22 heavy (non-hydrogen) atoms. The van der Waals surface area contributed by atoms with Gasteiger partial charge in [-0.25, -0.2) is 13.1 Å². The van der Waals surface area contributed by atoms with Gasteiger partial charge < -0.3 is 9.73 Å². The molecule has 0 bridgehead atoms. The Hall–Kier alpha value is -1.43. The molecule has 0 fully saturated rings. The van der Waals surface area contributed by atoms with E-state index in [1.165, 1.54) is 6.92 Å². The van der Waals surface area contributed by atoms with Crippen molar-refractivity contribution in [3.63, 3.8) is 0 Å². The van der Waals surface area contributed by atoms with Crippen molar-refractivity contribution in [1.82, 2.24) is 14.9 Å². The van der Waals surface area contributed by atoms with Crippen molar-refractivity contribution in [1.29, 1.82) is 0 Å². The first-order valence-electron chi connectivity index (χ1n) is 6.18. The molecule has 0 aromatic carbocycles. The summed E-state index contributed by atoms with van der Waals surface area (Å²) in [6, 6.07) is 3.67. The van der Waals surface area contributed by atoms with Gasteiger partial charge in [0.1, 0.15) is 5.76 Å². The highest BCUT2D eigenvalue weighted by molar-refractivity contribution is 7.98. The van der Waals surface area contributed by atoms with Gasteiger partial charge in [-0.3, -0.25) is 4.79 Å². The molecule has 2 aromatic rings. The summed E-state index contributed by atoms with van der Waals surface area (Å²) >= 11 is 2.35. The Labute approximate surface area is 135 Å². The molecule has 11 heteroatoms. The third kappa shape index (κ3) is 5.09. The average Bonchev–Trinajstić information content (AvgIpc) is 3.09. The maximum absolute atomic E-state index is 12.0. The zero-order valence-electron chi connectivity index (χ0n) is 11.6. The Kier molecular flexibility index (Phi) is 5.94. The first-order chi connectivity index (χ1) is 10.5. The fraction of sp³-hybridized carbons (Fsp3) is 0.364. The average molecular weight is 362 g/mol. The van der Waals surface area contributed by atoms with E-state index in [0.29, 0.717) is 11.5 Å². The van der Waals surface area contributed by atoms with Gasteiger partial charge in [-0.1, -0.05) is 11.3 Å². The molecule has 0 radical (unpaired) electrons. The Morgan fingerprint density at radius 3 is 2.95 bits per heavy atom. The number of amides is 1. The molecule has 1 amide bonds. The van der Waals surface area contributed by atoms with Crippen LogP contribution in [0.2, 0.25) is 0 Å². The number of sulfonamides is 1. The summed E-state index contributed by atoms with van der Waals surface area (Å²) in [5.74, 6) is 1.79. The first-order valence-corrected chi connectivity index (χ1v) is 9.64. The predicted octanol–water partition coefficient (Wildman–Crippen LogP) is 1.30. The Bertz CT molecular complexity index is 712. The largest absolute Gasteiger partial charge is 0.468 e. The Balaban J connectivity index is 1.78. The van der Waals surface area contributed by atoms with Crippen LogP contribution in [0, 0.1) is 0 Å². The fourth-order valence-corrected chi connectivity index (χ4v) is 4.30. The minimum atomic E-state index is -3.70. The lowest BCUT2D eigenvalue weighted by atomic mass is 10.5. The molecular weight excluding hydrogens is 348 g/mol. The molecular formula is C11H14N4O4S3. The van der Waals surface area contributed by atoms with Gasteiger partial charge in [-0.05, 0) is 12.1 Å². The molecule has 2 N–H and O–H groups in total. The number of hydrogen-bond acceptors (Lipinski definition) is 8. The summed E-state index contributed by atoms with van der Waals surface area (Å²) in [6.45, 7) is 1.58. The molecule has 2 rings (SSSR count). The van der Waals surface area contributed by atoms with Crippen LogP contribution < -0.4 is 10.0 Å². The number of rotatable bonds is 8. The number of carbonyl (C=O) groups excluding carboxylic acids is 1. The molecule has 0 aliphatic rings. The van der Waals surface area contributed by atoms with E-state index < -0.39 is 10.0 Å². The fourth-order valence-electron chi connectivity index (χ4n) is 1.40. The zero-order chi connectivity index (χ0) is 16.0. The van der Waals surface area contributed by atoms with Gasteiger partial charge in [-0.2, -0.15) is 11.8 Å². The van der Waals surface area contributed by atoms with Crippen LogP contribution in [0.4, 0.5) is 5.13 Å². The number of nitrogens with one attached hydrogen (secondary N) is 2. The molecule has 120 valence electrons. The number of nitrogens with zero attached hydrogens (tertiary/aromatic N) is 2. The molecule has 0 saturated carbocycles. The summed E-state index contributed by atoms with van der Waals surface area (Å²) in [5, 5.41) is 9.70. The third-order valence-corrected chi connectivity index (χ3v) is 5.93. The van der Waals surface area contributed by atoms with Gasteiger partial charge >= 0.3 is 0 Å². The molecule has 2 aromatic heterocycles. The second-order valence-corrected chi connectivity index (χ2v) is 8.11. The van der Waals surface area contributed by atoms with E-state index >= 15 is 0 Å². The van der Waals surface area contributed by atoms with Gasteiger partial charge in [0.2, 0.25) is 15.4 Å². The second-order valence-electron chi connectivity index (χ2n) is 4.08. The van der Waals surface area contributed by atoms with E-state index in [2.05, 4.69) is 20.2 Å². The van der Waals surface area contributed by atoms with Crippen molar-refractivity contribution in [2.24, 2.45) is 0 Å². The lowest BCUT2D eigenvalue weighted by molar-refractivity contribution is -0.114. The molecule has 8 nitrogen and oxygen atoms in total. The van der Waals surface area contributed by atoms with Crippen molar-refractivity contribution < 1.29 is 17.6 Å². The van der Waals surface area contributed by atoms with E-state index in [1.54, 1.807) is 24.1 Å². The lowest BCUT2D eigenvalue weighted by Crippen LogP contribution is -2.26. The van der Waals surface area contributed by atoms with Crippen molar-refractivity contribution in [3.8, 4) is 0 Å². The number of carbonyl (C=O) groups is 1. The molecule has 0 unspecified atom stereocenters. The SMILES string of the molecule is CC(=O)Nc1nnc(S(=O)(=O)NCCSCc2ccco2)s1. The van der Waals surface area contributed by atoms with Crippen LogP contribution in [-0.4, -0.2) is 36.8 Å². The monoisotopic (exact) mass is 362 g/mol. The standard InChI is InChI=1S/C11H14N4O4S3/c1-8(16)13-10-14-15-11(21-10)22(17,18)12-4-6-20-7-9-3-2-5-19-9/h2-3,5,12H,4,6-7H2,1H3,(H,13,14,16). The number of hydrogen-bond donors (Lipinski definition) is 2. The predicted molar refractivity (Wildman–Crippen MR) is 84.3 cm³/mol. The Morgan fingerprint density at radius 1 is 1.45 bits per heavy atom. The number of anilines is 1. The summed E-state index contributed by atoms with van der Waals surface area (Å²) in [5.41, 5.74) is 0. The number of furan rings is 1. The van der Waals surface area contributed by atoms with Crippen LogP contribution in [0.15, 0.2) is 27.2 Å². The van der Waals surface area contributed by atoms with E-state index in [4.69, 9.17) is 4.42 Å². The number of thioether (sulfide) groups is 1. The summed E-state index contributed by atoms with van der Waals surface area (Å²) in [7, 11) is -3.70. The molecule has 0 aliphatic carbocycles. The topological polar surface area (TPSA) is 114 Å². The van der Waals surface area contributed by atoms with Crippen molar-refractivity contribution >= 4 is 44.2 Å². The van der Waals surface area contributed by atoms with Gasteiger partial charge in [0, 0.05) is 19.2 Å². The molecule has 0 atom stereocenters. The van der Waals surface area contributed by atoms with Gasteiger partial charge in [0.15, 0.2) is 0 Å². The van der Waals surface area contributed by atoms with E-state index in [-0.39, 0.29) is 21.9 Å². The third-order valence-electron chi connectivity index (χ3n) is 2.28. The Morgan fingerprint density at radius 2 is 2.27 bits per heavy atom. The lowest BCUT2D eigenvalue weighted by Gasteiger charge is -2.02. The molecule has 0 saturated heterocycles. The van der Waals surface area contributed by atoms with Crippen LogP contribution in [0.3, 0.4) is 0 Å². The highest BCUT2D eigenvalue weighted by Gasteiger charge is 2.19. The minimum absolute atomic E-state index is 0.153. The van der Waals surface area contributed by atoms with Crippen LogP contribution >= 0.6 is 23.1 Å². The molecule has 0 spiro atoms. The second kappa shape index (κ2) is 7.72. The van der Waals surface area contributed by atoms with Crippen molar-refractivity contribution in [2.45, 2.75) is 17.0 Å². The first kappa shape index (κ1) is 16.9.